The Morgan fingerprint density at radius 1 is 1.45 bits per heavy atom. The summed E-state index contributed by atoms with van der Waals surface area (Å²) >= 11 is 1.70. The molecule has 0 saturated carbocycles. The second kappa shape index (κ2) is 5.72. The fraction of sp³-hybridized carbons (Fsp3) is 0.412. The predicted octanol–water partition coefficient (Wildman–Crippen LogP) is 3.12. The van der Waals surface area contributed by atoms with Gasteiger partial charge in [-0.15, -0.1) is 11.3 Å². The minimum Gasteiger partial charge on any atom is -0.361 e. The number of fused-ring (bicyclic) bond motifs is 1. The maximum atomic E-state index is 12.0. The van der Waals surface area contributed by atoms with Gasteiger partial charge < -0.3 is 10.2 Å². The molecule has 1 N–H and O–H groups in total. The van der Waals surface area contributed by atoms with E-state index >= 15 is 0 Å². The van der Waals surface area contributed by atoms with Gasteiger partial charge in [0.2, 0.25) is 5.91 Å². The monoisotopic (exact) mass is 315 g/mol. The molecule has 2 aromatic heterocycles. The van der Waals surface area contributed by atoms with Gasteiger partial charge in [-0.2, -0.15) is 0 Å². The quantitative estimate of drug-likeness (QED) is 0.943. The number of hydrogen-bond acceptors (Lipinski definition) is 4. The lowest BCUT2D eigenvalue weighted by Crippen LogP contribution is -2.34. The number of carbonyl (C=O) groups is 1. The van der Waals surface area contributed by atoms with Gasteiger partial charge in [0.15, 0.2) is 0 Å². The third-order valence-corrected chi connectivity index (χ3v) is 5.18. The Labute approximate surface area is 135 Å². The normalized spacial score (nSPS) is 17.1. The highest BCUT2D eigenvalue weighted by Crippen LogP contribution is 2.44. The summed E-state index contributed by atoms with van der Waals surface area (Å²) in [6.07, 6.45) is 2.31. The van der Waals surface area contributed by atoms with Crippen molar-refractivity contribution in [3.8, 4) is 0 Å². The second-order valence-corrected chi connectivity index (χ2v) is 7.27. The number of aromatic nitrogens is 1. The number of nitrogens with one attached hydrogen (secondary N) is 1. The van der Waals surface area contributed by atoms with Crippen molar-refractivity contribution in [3.63, 3.8) is 0 Å². The Morgan fingerprint density at radius 3 is 2.95 bits per heavy atom. The van der Waals surface area contributed by atoms with Crippen molar-refractivity contribution < 1.29 is 4.79 Å². The summed E-state index contributed by atoms with van der Waals surface area (Å²) in [6, 6.07) is 8.30. The molecule has 1 amide bonds. The van der Waals surface area contributed by atoms with Crippen LogP contribution in [0.1, 0.15) is 36.9 Å². The zero-order chi connectivity index (χ0) is 15.7. The van der Waals surface area contributed by atoms with Gasteiger partial charge in [-0.3, -0.25) is 9.78 Å². The Balaban J connectivity index is 2.01. The number of anilines is 1. The Bertz CT molecular complexity index is 666. The second-order valence-electron chi connectivity index (χ2n) is 6.29. The zero-order valence-electron chi connectivity index (χ0n) is 13.2. The molecule has 0 fully saturated rings. The van der Waals surface area contributed by atoms with Crippen LogP contribution in [-0.2, 0) is 10.2 Å². The van der Waals surface area contributed by atoms with Crippen LogP contribution >= 0.6 is 11.3 Å². The summed E-state index contributed by atoms with van der Waals surface area (Å²) in [5.41, 5.74) is 2.26. The number of nitrogens with zero attached hydrogens (tertiary/aromatic N) is 2. The van der Waals surface area contributed by atoms with Gasteiger partial charge >= 0.3 is 0 Å². The van der Waals surface area contributed by atoms with E-state index in [1.165, 1.54) is 4.88 Å². The van der Waals surface area contributed by atoms with Crippen molar-refractivity contribution >= 4 is 22.9 Å². The predicted molar refractivity (Wildman–Crippen MR) is 90.4 cm³/mol. The van der Waals surface area contributed by atoms with Gasteiger partial charge in [0.25, 0.3) is 0 Å². The van der Waals surface area contributed by atoms with Gasteiger partial charge in [0.1, 0.15) is 0 Å². The van der Waals surface area contributed by atoms with E-state index in [4.69, 9.17) is 0 Å². The first-order valence-corrected chi connectivity index (χ1v) is 8.37. The molecule has 0 saturated heterocycles. The number of thiophene rings is 1. The van der Waals surface area contributed by atoms with Gasteiger partial charge in [0.05, 0.1) is 23.8 Å². The summed E-state index contributed by atoms with van der Waals surface area (Å²) in [7, 11) is 1.69. The van der Waals surface area contributed by atoms with Crippen molar-refractivity contribution in [2.75, 3.05) is 18.5 Å². The molecule has 116 valence electrons. The van der Waals surface area contributed by atoms with Crippen molar-refractivity contribution in [3.05, 3.63) is 46.4 Å². The summed E-state index contributed by atoms with van der Waals surface area (Å²) in [5, 5.41) is 4.82. The van der Waals surface area contributed by atoms with E-state index in [9.17, 15) is 4.79 Å². The van der Waals surface area contributed by atoms with Gasteiger partial charge in [-0.1, -0.05) is 19.9 Å². The van der Waals surface area contributed by atoms with E-state index in [0.29, 0.717) is 6.42 Å². The zero-order valence-corrected chi connectivity index (χ0v) is 14.0. The van der Waals surface area contributed by atoms with Crippen molar-refractivity contribution in [1.29, 1.82) is 0 Å². The molecular formula is C17H21N3OS. The van der Waals surface area contributed by atoms with Crippen LogP contribution in [0.15, 0.2) is 35.8 Å². The van der Waals surface area contributed by atoms with Gasteiger partial charge in [0, 0.05) is 30.1 Å². The molecule has 5 heteroatoms. The fourth-order valence-electron chi connectivity index (χ4n) is 3.14. The molecule has 1 aliphatic rings. The number of pyridine rings is 1. The van der Waals surface area contributed by atoms with Crippen LogP contribution in [0, 0.1) is 0 Å². The SMILES string of the molecule is CNC(=O)C[C@H](c1cccs1)N1CC(C)(C)c2ncccc21. The summed E-state index contributed by atoms with van der Waals surface area (Å²) in [6.45, 7) is 5.30. The van der Waals surface area contributed by atoms with Crippen LogP contribution in [0.3, 0.4) is 0 Å². The molecule has 22 heavy (non-hydrogen) atoms. The first kappa shape index (κ1) is 15.0. The highest BCUT2D eigenvalue weighted by Gasteiger charge is 2.40. The number of carbonyl (C=O) groups excluding carboxylic acids is 1. The minimum absolute atomic E-state index is 0.00516. The highest BCUT2D eigenvalue weighted by atomic mass is 32.1. The smallest absolute Gasteiger partial charge is 0.222 e. The lowest BCUT2D eigenvalue weighted by Gasteiger charge is -2.30. The molecule has 3 heterocycles. The van der Waals surface area contributed by atoms with Crippen LogP contribution in [0.5, 0.6) is 0 Å². The molecule has 3 rings (SSSR count). The molecule has 0 aliphatic carbocycles. The van der Waals surface area contributed by atoms with Crippen molar-refractivity contribution in [1.82, 2.24) is 10.3 Å². The van der Waals surface area contributed by atoms with Crippen molar-refractivity contribution in [2.24, 2.45) is 0 Å². The molecular weight excluding hydrogens is 294 g/mol. The van der Waals surface area contributed by atoms with E-state index in [1.807, 2.05) is 18.3 Å². The van der Waals surface area contributed by atoms with E-state index in [1.54, 1.807) is 18.4 Å². The Kier molecular flexibility index (Phi) is 3.91. The van der Waals surface area contributed by atoms with E-state index < -0.39 is 0 Å². The van der Waals surface area contributed by atoms with Crippen LogP contribution in [0.25, 0.3) is 0 Å². The van der Waals surface area contributed by atoms with E-state index in [0.717, 1.165) is 17.9 Å². The third-order valence-electron chi connectivity index (χ3n) is 4.21. The van der Waals surface area contributed by atoms with Crippen molar-refractivity contribution in [2.45, 2.75) is 31.7 Å². The topological polar surface area (TPSA) is 45.2 Å². The molecule has 4 nitrogen and oxygen atoms in total. The summed E-state index contributed by atoms with van der Waals surface area (Å²) < 4.78 is 0. The fourth-order valence-corrected chi connectivity index (χ4v) is 3.98. The van der Waals surface area contributed by atoms with Crippen LogP contribution < -0.4 is 10.2 Å². The average molecular weight is 315 g/mol. The molecule has 1 aliphatic heterocycles. The lowest BCUT2D eigenvalue weighted by molar-refractivity contribution is -0.121. The number of amides is 1. The van der Waals surface area contributed by atoms with Gasteiger partial charge in [-0.05, 0) is 23.6 Å². The Morgan fingerprint density at radius 2 is 2.27 bits per heavy atom. The first-order valence-electron chi connectivity index (χ1n) is 7.49. The standard InChI is InChI=1S/C17H21N3OS/c1-17(2)11-20(12-6-4-8-19-16(12)17)13(10-15(21)18-3)14-7-5-9-22-14/h4-9,13H,10-11H2,1-3H3,(H,18,21)/t13-/m1/s1. The molecule has 0 spiro atoms. The molecule has 2 aromatic rings. The maximum Gasteiger partial charge on any atom is 0.222 e. The molecule has 0 aromatic carbocycles. The van der Waals surface area contributed by atoms with Crippen LogP contribution in [-0.4, -0.2) is 24.5 Å². The summed E-state index contributed by atoms with van der Waals surface area (Å²) in [5.74, 6) is 0.0635. The molecule has 0 unspecified atom stereocenters. The summed E-state index contributed by atoms with van der Waals surface area (Å²) in [4.78, 5) is 20.1. The molecule has 1 atom stereocenters. The highest BCUT2D eigenvalue weighted by molar-refractivity contribution is 7.10. The van der Waals surface area contributed by atoms with E-state index in [-0.39, 0.29) is 17.4 Å². The Hall–Kier alpha value is -1.88. The number of hydrogen-bond donors (Lipinski definition) is 1. The molecule has 0 bridgehead atoms. The largest absolute Gasteiger partial charge is 0.361 e. The van der Waals surface area contributed by atoms with Gasteiger partial charge in [-0.25, -0.2) is 0 Å². The maximum absolute atomic E-state index is 12.0. The third kappa shape index (κ3) is 2.61. The molecule has 0 radical (unpaired) electrons. The van der Waals surface area contributed by atoms with Crippen LogP contribution in [0.4, 0.5) is 5.69 Å². The van der Waals surface area contributed by atoms with E-state index in [2.05, 4.69) is 46.6 Å². The average Bonchev–Trinajstić information content (AvgIpc) is 3.12. The first-order chi connectivity index (χ1) is 10.5. The number of rotatable bonds is 4. The lowest BCUT2D eigenvalue weighted by atomic mass is 9.91. The minimum atomic E-state index is -0.00516. The van der Waals surface area contributed by atoms with Crippen LogP contribution in [0.2, 0.25) is 0 Å².